The highest BCUT2D eigenvalue weighted by Crippen LogP contribution is 2.33. The third-order valence-corrected chi connectivity index (χ3v) is 5.46. The summed E-state index contributed by atoms with van der Waals surface area (Å²) in [5, 5.41) is 7.90. The number of carbonyl (C=O) groups excluding carboxylic acids is 1. The Bertz CT molecular complexity index is 1220. The molecule has 1 aliphatic rings. The van der Waals surface area contributed by atoms with Crippen molar-refractivity contribution < 1.29 is 9.53 Å². The largest absolute Gasteiger partial charge is 0.490 e. The second-order valence-electron chi connectivity index (χ2n) is 7.79. The van der Waals surface area contributed by atoms with E-state index in [0.717, 1.165) is 34.7 Å². The van der Waals surface area contributed by atoms with Gasteiger partial charge in [-0.25, -0.2) is 4.68 Å². The zero-order chi connectivity index (χ0) is 21.2. The van der Waals surface area contributed by atoms with Crippen LogP contribution in [0.2, 0.25) is 0 Å². The van der Waals surface area contributed by atoms with Gasteiger partial charge in [0.25, 0.3) is 5.91 Å². The van der Waals surface area contributed by atoms with Crippen molar-refractivity contribution in [3.05, 3.63) is 102 Å². The first-order chi connectivity index (χ1) is 15.2. The van der Waals surface area contributed by atoms with Gasteiger partial charge in [-0.2, -0.15) is 5.10 Å². The quantitative estimate of drug-likeness (QED) is 0.515. The number of nitrogens with one attached hydrogen (secondary N) is 1. The molecular weight excluding hydrogens is 386 g/mol. The van der Waals surface area contributed by atoms with Crippen molar-refractivity contribution in [2.45, 2.75) is 26.0 Å². The highest BCUT2D eigenvalue weighted by Gasteiger charge is 2.21. The summed E-state index contributed by atoms with van der Waals surface area (Å²) < 4.78 is 7.71. The lowest BCUT2D eigenvalue weighted by atomic mass is 10.0. The van der Waals surface area contributed by atoms with Gasteiger partial charge in [0.2, 0.25) is 0 Å². The molecule has 0 saturated carbocycles. The van der Waals surface area contributed by atoms with Crippen molar-refractivity contribution in [3.63, 3.8) is 0 Å². The van der Waals surface area contributed by atoms with Crippen LogP contribution in [0.4, 0.5) is 0 Å². The summed E-state index contributed by atoms with van der Waals surface area (Å²) in [6.07, 6.45) is 3.07. The van der Waals surface area contributed by atoms with E-state index in [0.29, 0.717) is 12.1 Å². The van der Waals surface area contributed by atoms with E-state index < -0.39 is 0 Å². The standard InChI is InChI=1S/C26H23N3O2/c1-18-14-21-15-20(12-13-24(21)31-18)25-22(16-27-26(30)19-8-4-2-5-9-19)17-29(28-25)23-10-6-3-7-11-23/h2-13,15,17-18H,14,16H2,1H3,(H,27,30). The molecule has 0 spiro atoms. The van der Waals surface area contributed by atoms with Gasteiger partial charge in [-0.1, -0.05) is 36.4 Å². The number of benzene rings is 3. The Labute approximate surface area is 181 Å². The summed E-state index contributed by atoms with van der Waals surface area (Å²) in [4.78, 5) is 12.6. The molecule has 1 unspecified atom stereocenters. The zero-order valence-corrected chi connectivity index (χ0v) is 17.3. The van der Waals surface area contributed by atoms with Crippen molar-refractivity contribution in [1.82, 2.24) is 15.1 Å². The van der Waals surface area contributed by atoms with Crippen LogP contribution >= 0.6 is 0 Å². The minimum atomic E-state index is -0.102. The fraction of sp³-hybridized carbons (Fsp3) is 0.154. The first-order valence-corrected chi connectivity index (χ1v) is 10.4. The second-order valence-corrected chi connectivity index (χ2v) is 7.79. The van der Waals surface area contributed by atoms with E-state index in [4.69, 9.17) is 9.84 Å². The average Bonchev–Trinajstić information content (AvgIpc) is 3.40. The van der Waals surface area contributed by atoms with Gasteiger partial charge in [-0.3, -0.25) is 4.79 Å². The molecule has 1 amide bonds. The number of hydrogen-bond donors (Lipinski definition) is 1. The van der Waals surface area contributed by atoms with Crippen LogP contribution in [0.5, 0.6) is 5.75 Å². The number of nitrogens with zero attached hydrogens (tertiary/aromatic N) is 2. The summed E-state index contributed by atoms with van der Waals surface area (Å²) in [7, 11) is 0. The highest BCUT2D eigenvalue weighted by molar-refractivity contribution is 5.94. The van der Waals surface area contributed by atoms with Crippen LogP contribution in [-0.2, 0) is 13.0 Å². The minimum Gasteiger partial charge on any atom is -0.490 e. The van der Waals surface area contributed by atoms with E-state index in [2.05, 4.69) is 18.3 Å². The molecule has 5 nitrogen and oxygen atoms in total. The Morgan fingerprint density at radius 3 is 2.58 bits per heavy atom. The number of fused-ring (bicyclic) bond motifs is 1. The summed E-state index contributed by atoms with van der Waals surface area (Å²) in [6, 6.07) is 25.4. The third-order valence-electron chi connectivity index (χ3n) is 5.46. The Morgan fingerprint density at radius 1 is 1.06 bits per heavy atom. The van der Waals surface area contributed by atoms with Gasteiger partial charge in [-0.05, 0) is 55.0 Å². The number of carbonyl (C=O) groups is 1. The zero-order valence-electron chi connectivity index (χ0n) is 17.3. The molecule has 3 aromatic carbocycles. The first kappa shape index (κ1) is 19.1. The van der Waals surface area contributed by atoms with Gasteiger partial charge in [0.15, 0.2) is 0 Å². The van der Waals surface area contributed by atoms with Crippen LogP contribution in [0, 0.1) is 0 Å². The van der Waals surface area contributed by atoms with E-state index in [9.17, 15) is 4.79 Å². The lowest BCUT2D eigenvalue weighted by Crippen LogP contribution is -2.22. The topological polar surface area (TPSA) is 56.2 Å². The number of hydrogen-bond acceptors (Lipinski definition) is 3. The van der Waals surface area contributed by atoms with Crippen molar-refractivity contribution in [3.8, 4) is 22.7 Å². The molecule has 31 heavy (non-hydrogen) atoms. The van der Waals surface area contributed by atoms with Crippen LogP contribution in [0.1, 0.15) is 28.4 Å². The summed E-state index contributed by atoms with van der Waals surface area (Å²) >= 11 is 0. The molecule has 1 aliphatic heterocycles. The molecule has 0 saturated heterocycles. The summed E-state index contributed by atoms with van der Waals surface area (Å²) in [5.74, 6) is 0.841. The van der Waals surface area contributed by atoms with E-state index in [-0.39, 0.29) is 12.0 Å². The van der Waals surface area contributed by atoms with Crippen molar-refractivity contribution >= 4 is 5.91 Å². The van der Waals surface area contributed by atoms with E-state index in [1.54, 1.807) is 0 Å². The molecule has 1 aromatic heterocycles. The molecule has 4 aromatic rings. The maximum Gasteiger partial charge on any atom is 0.251 e. The Balaban J connectivity index is 1.48. The fourth-order valence-electron chi connectivity index (χ4n) is 3.93. The maximum absolute atomic E-state index is 12.6. The number of amides is 1. The monoisotopic (exact) mass is 409 g/mol. The molecule has 1 atom stereocenters. The minimum absolute atomic E-state index is 0.102. The number of aromatic nitrogens is 2. The number of rotatable bonds is 5. The SMILES string of the molecule is CC1Cc2cc(-c3nn(-c4ccccc4)cc3CNC(=O)c3ccccc3)ccc2O1. The van der Waals surface area contributed by atoms with Crippen LogP contribution in [0.15, 0.2) is 85.1 Å². The third kappa shape index (κ3) is 3.94. The molecule has 0 bridgehead atoms. The van der Waals surface area contributed by atoms with Gasteiger partial charge >= 0.3 is 0 Å². The van der Waals surface area contributed by atoms with Crippen molar-refractivity contribution in [2.75, 3.05) is 0 Å². The molecular formula is C26H23N3O2. The molecule has 5 heteroatoms. The van der Waals surface area contributed by atoms with Crippen LogP contribution in [0.25, 0.3) is 16.9 Å². The van der Waals surface area contributed by atoms with Crippen LogP contribution in [0.3, 0.4) is 0 Å². The Kier molecular flexibility index (Phi) is 5.00. The second kappa shape index (κ2) is 8.11. The number of ether oxygens (including phenoxy) is 1. The Morgan fingerprint density at radius 2 is 1.81 bits per heavy atom. The van der Waals surface area contributed by atoms with E-state index >= 15 is 0 Å². The molecule has 2 heterocycles. The summed E-state index contributed by atoms with van der Waals surface area (Å²) in [6.45, 7) is 2.47. The normalized spacial score (nSPS) is 14.7. The average molecular weight is 409 g/mol. The predicted octanol–water partition coefficient (Wildman–Crippen LogP) is 4.79. The van der Waals surface area contributed by atoms with Gasteiger partial charge in [-0.15, -0.1) is 0 Å². The van der Waals surface area contributed by atoms with Gasteiger partial charge in [0.05, 0.1) is 11.4 Å². The van der Waals surface area contributed by atoms with E-state index in [1.807, 2.05) is 83.7 Å². The van der Waals surface area contributed by atoms with Crippen LogP contribution < -0.4 is 10.1 Å². The molecule has 0 aliphatic carbocycles. The first-order valence-electron chi connectivity index (χ1n) is 10.4. The Hall–Kier alpha value is -3.86. The fourth-order valence-corrected chi connectivity index (χ4v) is 3.93. The molecule has 0 radical (unpaired) electrons. The molecule has 1 N–H and O–H groups in total. The molecule has 0 fully saturated rings. The van der Waals surface area contributed by atoms with Gasteiger partial charge < -0.3 is 10.1 Å². The van der Waals surface area contributed by atoms with Gasteiger partial charge in [0.1, 0.15) is 11.9 Å². The molecule has 5 rings (SSSR count). The highest BCUT2D eigenvalue weighted by atomic mass is 16.5. The summed E-state index contributed by atoms with van der Waals surface area (Å²) in [5.41, 5.74) is 5.65. The van der Waals surface area contributed by atoms with Crippen LogP contribution in [-0.4, -0.2) is 21.8 Å². The number of para-hydroxylation sites is 1. The maximum atomic E-state index is 12.6. The lowest BCUT2D eigenvalue weighted by molar-refractivity contribution is 0.0951. The lowest BCUT2D eigenvalue weighted by Gasteiger charge is -2.07. The predicted molar refractivity (Wildman–Crippen MR) is 120 cm³/mol. The molecule has 154 valence electrons. The van der Waals surface area contributed by atoms with Gasteiger partial charge in [0, 0.05) is 35.9 Å². The van der Waals surface area contributed by atoms with Crippen molar-refractivity contribution in [1.29, 1.82) is 0 Å². The van der Waals surface area contributed by atoms with Crippen molar-refractivity contribution in [2.24, 2.45) is 0 Å². The van der Waals surface area contributed by atoms with E-state index in [1.165, 1.54) is 5.56 Å². The smallest absolute Gasteiger partial charge is 0.251 e.